The van der Waals surface area contributed by atoms with Crippen molar-refractivity contribution in [3.63, 3.8) is 0 Å². The van der Waals surface area contributed by atoms with E-state index in [9.17, 15) is 18.8 Å². The summed E-state index contributed by atoms with van der Waals surface area (Å²) in [6.07, 6.45) is 0. The molecule has 3 amide bonds. The van der Waals surface area contributed by atoms with Gasteiger partial charge in [0.15, 0.2) is 0 Å². The van der Waals surface area contributed by atoms with Crippen molar-refractivity contribution < 1.29 is 18.8 Å². The number of likely N-dealkylation sites (N-methyl/N-ethyl adjacent to an activating group) is 1. The van der Waals surface area contributed by atoms with Crippen LogP contribution < -0.4 is 16.0 Å². The predicted molar refractivity (Wildman–Crippen MR) is 130 cm³/mol. The number of carbonyl (C=O) groups is 3. The van der Waals surface area contributed by atoms with Crippen LogP contribution in [0.3, 0.4) is 0 Å². The summed E-state index contributed by atoms with van der Waals surface area (Å²) < 4.78 is 13.3. The monoisotopic (exact) mass is 462 g/mol. The number of benzene rings is 3. The summed E-state index contributed by atoms with van der Waals surface area (Å²) in [5.74, 6) is -1.52. The number of halogens is 1. The number of nitrogens with one attached hydrogen (secondary N) is 3. The van der Waals surface area contributed by atoms with Crippen LogP contribution in [0, 0.1) is 5.82 Å². The lowest BCUT2D eigenvalue weighted by Gasteiger charge is -2.18. The highest BCUT2D eigenvalue weighted by atomic mass is 19.1. The molecule has 3 rings (SSSR count). The van der Waals surface area contributed by atoms with E-state index in [2.05, 4.69) is 16.0 Å². The largest absolute Gasteiger partial charge is 0.345 e. The van der Waals surface area contributed by atoms with Gasteiger partial charge in [0.1, 0.15) is 5.82 Å². The van der Waals surface area contributed by atoms with E-state index in [1.54, 1.807) is 37.4 Å². The minimum atomic E-state index is -0.452. The van der Waals surface area contributed by atoms with Crippen molar-refractivity contribution in [2.24, 2.45) is 0 Å². The van der Waals surface area contributed by atoms with Crippen LogP contribution in [0.4, 0.5) is 15.8 Å². The average molecular weight is 463 g/mol. The molecule has 34 heavy (non-hydrogen) atoms. The molecule has 0 fully saturated rings. The lowest BCUT2D eigenvalue weighted by molar-refractivity contribution is -0.119. The van der Waals surface area contributed by atoms with E-state index >= 15 is 0 Å². The minimum Gasteiger partial charge on any atom is -0.345 e. The molecule has 1 atom stereocenters. The fraction of sp³-hybridized carbons (Fsp3) is 0.192. The number of rotatable bonds is 9. The lowest BCUT2D eigenvalue weighted by atomic mass is 10.1. The van der Waals surface area contributed by atoms with Crippen molar-refractivity contribution in [3.05, 3.63) is 95.8 Å². The third kappa shape index (κ3) is 7.25. The van der Waals surface area contributed by atoms with Gasteiger partial charge >= 0.3 is 0 Å². The average Bonchev–Trinajstić information content (AvgIpc) is 2.79. The first kappa shape index (κ1) is 24.6. The van der Waals surface area contributed by atoms with Gasteiger partial charge in [-0.05, 0) is 49.9 Å². The van der Waals surface area contributed by atoms with Gasteiger partial charge < -0.3 is 16.0 Å². The highest BCUT2D eigenvalue weighted by molar-refractivity contribution is 6.04. The van der Waals surface area contributed by atoms with E-state index in [1.165, 1.54) is 23.1 Å². The zero-order valence-electron chi connectivity index (χ0n) is 19.0. The first-order valence-electron chi connectivity index (χ1n) is 10.8. The minimum absolute atomic E-state index is 0.0688. The van der Waals surface area contributed by atoms with Crippen LogP contribution in [-0.4, -0.2) is 42.8 Å². The van der Waals surface area contributed by atoms with Gasteiger partial charge in [0.05, 0.1) is 30.4 Å². The van der Waals surface area contributed by atoms with E-state index in [-0.39, 0.29) is 36.9 Å². The molecule has 7 nitrogen and oxygen atoms in total. The summed E-state index contributed by atoms with van der Waals surface area (Å²) in [5, 5.41) is 8.27. The first-order chi connectivity index (χ1) is 16.3. The van der Waals surface area contributed by atoms with Crippen molar-refractivity contribution in [1.29, 1.82) is 0 Å². The first-order valence-corrected chi connectivity index (χ1v) is 10.8. The summed E-state index contributed by atoms with van der Waals surface area (Å²) in [5.41, 5.74) is 2.02. The Morgan fingerprint density at radius 1 is 0.853 bits per heavy atom. The Kier molecular flexibility index (Phi) is 8.48. The van der Waals surface area contributed by atoms with Crippen molar-refractivity contribution in [3.8, 4) is 0 Å². The number of hydrogen-bond acceptors (Lipinski definition) is 4. The maximum atomic E-state index is 13.3. The molecule has 0 radical (unpaired) electrons. The van der Waals surface area contributed by atoms with Crippen LogP contribution in [-0.2, 0) is 9.59 Å². The van der Waals surface area contributed by atoms with Gasteiger partial charge in [0.25, 0.3) is 5.91 Å². The normalized spacial score (nSPS) is 11.5. The molecule has 8 heteroatoms. The van der Waals surface area contributed by atoms with Crippen LogP contribution in [0.15, 0.2) is 78.9 Å². The smallest absolute Gasteiger partial charge is 0.253 e. The number of nitrogens with zero attached hydrogens (tertiary/aromatic N) is 1. The number of para-hydroxylation sites is 1. The molecular weight excluding hydrogens is 435 g/mol. The van der Waals surface area contributed by atoms with Crippen molar-refractivity contribution >= 4 is 29.1 Å². The van der Waals surface area contributed by atoms with Crippen LogP contribution in [0.25, 0.3) is 0 Å². The summed E-state index contributed by atoms with van der Waals surface area (Å²) in [7, 11) is 1.62. The maximum Gasteiger partial charge on any atom is 0.253 e. The molecule has 3 aromatic carbocycles. The molecule has 0 aromatic heterocycles. The summed E-state index contributed by atoms with van der Waals surface area (Å²) in [4.78, 5) is 39.1. The van der Waals surface area contributed by atoms with Crippen LogP contribution in [0.2, 0.25) is 0 Å². The zero-order valence-corrected chi connectivity index (χ0v) is 19.0. The van der Waals surface area contributed by atoms with Gasteiger partial charge in [-0.1, -0.05) is 48.5 Å². The molecule has 0 aliphatic carbocycles. The van der Waals surface area contributed by atoms with Crippen molar-refractivity contribution in [2.45, 2.75) is 13.0 Å². The summed E-state index contributed by atoms with van der Waals surface area (Å²) in [6, 6.07) is 21.7. The molecule has 176 valence electrons. The Hall–Kier alpha value is -4.04. The SMILES string of the molecule is CC(NC(=O)c1ccccc1NC(=O)CN(C)CC(=O)Nc1cccc(F)c1)c1ccccc1. The molecular formula is C26H27FN4O3. The van der Waals surface area contributed by atoms with Crippen molar-refractivity contribution in [2.75, 3.05) is 30.8 Å². The molecule has 0 bridgehead atoms. The van der Waals surface area contributed by atoms with Gasteiger partial charge in [-0.3, -0.25) is 19.3 Å². The molecule has 0 saturated carbocycles. The van der Waals surface area contributed by atoms with Gasteiger partial charge in [0.2, 0.25) is 11.8 Å². The molecule has 0 saturated heterocycles. The fourth-order valence-corrected chi connectivity index (χ4v) is 3.39. The van der Waals surface area contributed by atoms with E-state index in [0.717, 1.165) is 5.56 Å². The second kappa shape index (κ2) is 11.7. The number of amides is 3. The topological polar surface area (TPSA) is 90.5 Å². The maximum absolute atomic E-state index is 13.3. The molecule has 3 N–H and O–H groups in total. The Morgan fingerprint density at radius 2 is 1.50 bits per heavy atom. The Morgan fingerprint density at radius 3 is 2.21 bits per heavy atom. The van der Waals surface area contributed by atoms with Gasteiger partial charge in [-0.25, -0.2) is 4.39 Å². The zero-order chi connectivity index (χ0) is 24.5. The number of anilines is 2. The van der Waals surface area contributed by atoms with Gasteiger partial charge in [-0.2, -0.15) is 0 Å². The summed E-state index contributed by atoms with van der Waals surface area (Å²) >= 11 is 0. The summed E-state index contributed by atoms with van der Waals surface area (Å²) in [6.45, 7) is 1.74. The van der Waals surface area contributed by atoms with Crippen LogP contribution in [0.5, 0.6) is 0 Å². The lowest BCUT2D eigenvalue weighted by Crippen LogP contribution is -2.36. The van der Waals surface area contributed by atoms with E-state index in [0.29, 0.717) is 16.9 Å². The number of hydrogen-bond donors (Lipinski definition) is 3. The second-order valence-electron chi connectivity index (χ2n) is 7.93. The molecule has 0 aliphatic heterocycles. The molecule has 0 aliphatic rings. The van der Waals surface area contributed by atoms with Crippen LogP contribution in [0.1, 0.15) is 28.9 Å². The predicted octanol–water partition coefficient (Wildman–Crippen LogP) is 3.83. The van der Waals surface area contributed by atoms with E-state index in [4.69, 9.17) is 0 Å². The third-order valence-corrected chi connectivity index (χ3v) is 5.03. The Balaban J connectivity index is 1.55. The standard InChI is InChI=1S/C26H27FN4O3/c1-18(19-9-4-3-5-10-19)28-26(34)22-13-6-7-14-23(22)30-25(33)17-31(2)16-24(32)29-21-12-8-11-20(27)15-21/h3-15,18H,16-17H2,1-2H3,(H,28,34)(H,29,32)(H,30,33). The van der Waals surface area contributed by atoms with Crippen LogP contribution >= 0.6 is 0 Å². The fourth-order valence-electron chi connectivity index (χ4n) is 3.39. The molecule has 1 unspecified atom stereocenters. The molecule has 0 heterocycles. The van der Waals surface area contributed by atoms with E-state index in [1.807, 2.05) is 37.3 Å². The van der Waals surface area contributed by atoms with Gasteiger partial charge in [-0.15, -0.1) is 0 Å². The highest BCUT2D eigenvalue weighted by Crippen LogP contribution is 2.18. The molecule has 3 aromatic rings. The Bertz CT molecular complexity index is 1150. The number of carbonyl (C=O) groups excluding carboxylic acids is 3. The molecule has 0 spiro atoms. The van der Waals surface area contributed by atoms with E-state index < -0.39 is 5.82 Å². The van der Waals surface area contributed by atoms with Gasteiger partial charge in [0, 0.05) is 5.69 Å². The third-order valence-electron chi connectivity index (χ3n) is 5.03. The second-order valence-corrected chi connectivity index (χ2v) is 7.93. The Labute approximate surface area is 198 Å². The quantitative estimate of drug-likeness (QED) is 0.451. The highest BCUT2D eigenvalue weighted by Gasteiger charge is 2.17. The van der Waals surface area contributed by atoms with Crippen molar-refractivity contribution in [1.82, 2.24) is 10.2 Å².